The Morgan fingerprint density at radius 3 is 2.50 bits per heavy atom. The van der Waals surface area contributed by atoms with Crippen molar-refractivity contribution >= 4 is 5.96 Å². The van der Waals surface area contributed by atoms with Gasteiger partial charge in [0.2, 0.25) is 0 Å². The Balaban J connectivity index is 1.66. The topological polar surface area (TPSA) is 72.3 Å². The molecular weight excluding hydrogens is 382 g/mol. The van der Waals surface area contributed by atoms with Crippen molar-refractivity contribution in [1.82, 2.24) is 20.1 Å². The number of aliphatic imine (C=N–C) groups is 1. The van der Waals surface area contributed by atoms with Gasteiger partial charge in [0.05, 0.1) is 33.5 Å². The van der Waals surface area contributed by atoms with Crippen molar-refractivity contribution in [2.45, 2.75) is 12.6 Å². The zero-order chi connectivity index (χ0) is 21.2. The number of benzene rings is 1. The van der Waals surface area contributed by atoms with E-state index in [1.54, 1.807) is 21.3 Å². The summed E-state index contributed by atoms with van der Waals surface area (Å²) in [6.45, 7) is 5.67. The lowest BCUT2D eigenvalue weighted by Gasteiger charge is -2.35. The minimum Gasteiger partial charge on any atom is -0.493 e. The van der Waals surface area contributed by atoms with Crippen LogP contribution in [0.1, 0.15) is 11.6 Å². The molecule has 8 heteroatoms. The van der Waals surface area contributed by atoms with Gasteiger partial charge in [0, 0.05) is 52.2 Å². The van der Waals surface area contributed by atoms with Crippen molar-refractivity contribution in [2.75, 3.05) is 60.7 Å². The molecule has 2 aromatic rings. The molecule has 1 fully saturated rings. The number of rotatable bonds is 9. The van der Waals surface area contributed by atoms with Crippen LogP contribution in [-0.2, 0) is 11.3 Å². The first-order valence-electron chi connectivity index (χ1n) is 10.3. The highest BCUT2D eigenvalue weighted by Gasteiger charge is 2.24. The second-order valence-electron chi connectivity index (χ2n) is 7.08. The van der Waals surface area contributed by atoms with Crippen molar-refractivity contribution in [2.24, 2.45) is 4.99 Å². The quantitative estimate of drug-likeness (QED) is 0.480. The number of aromatic nitrogens is 1. The van der Waals surface area contributed by atoms with Crippen LogP contribution in [0, 0.1) is 0 Å². The monoisotopic (exact) mass is 415 g/mol. The summed E-state index contributed by atoms with van der Waals surface area (Å²) >= 11 is 0. The van der Waals surface area contributed by atoms with Gasteiger partial charge >= 0.3 is 0 Å². The fraction of sp³-hybridized carbons (Fsp3) is 0.500. The Morgan fingerprint density at radius 1 is 1.10 bits per heavy atom. The standard InChI is InChI=1S/C22H33N5O3/c1-23-22(24-8-11-26-9-4-5-10-26)25-17-19(27-12-14-30-15-13-27)18-6-7-20(28-2)21(16-18)29-3/h4-7,9-10,16,19H,8,11-15,17H2,1-3H3,(H2,23,24,25). The van der Waals surface area contributed by atoms with Crippen molar-refractivity contribution in [3.05, 3.63) is 48.3 Å². The van der Waals surface area contributed by atoms with E-state index in [1.165, 1.54) is 5.56 Å². The Morgan fingerprint density at radius 2 is 1.83 bits per heavy atom. The molecule has 3 rings (SSSR count). The molecule has 1 aliphatic rings. The van der Waals surface area contributed by atoms with Crippen molar-refractivity contribution in [3.63, 3.8) is 0 Å². The normalized spacial score (nSPS) is 16.2. The zero-order valence-corrected chi connectivity index (χ0v) is 18.1. The van der Waals surface area contributed by atoms with Crippen LogP contribution in [0.5, 0.6) is 11.5 Å². The van der Waals surface area contributed by atoms with E-state index in [-0.39, 0.29) is 6.04 Å². The number of methoxy groups -OCH3 is 2. The summed E-state index contributed by atoms with van der Waals surface area (Å²) in [5, 5.41) is 6.87. The van der Waals surface area contributed by atoms with Gasteiger partial charge in [-0.3, -0.25) is 9.89 Å². The Labute approximate surface area is 178 Å². The van der Waals surface area contributed by atoms with Crippen LogP contribution in [-0.4, -0.2) is 76.1 Å². The van der Waals surface area contributed by atoms with Crippen LogP contribution in [0.4, 0.5) is 0 Å². The van der Waals surface area contributed by atoms with E-state index in [0.717, 1.165) is 63.4 Å². The first kappa shape index (κ1) is 22.0. The molecular formula is C22H33N5O3. The van der Waals surface area contributed by atoms with Gasteiger partial charge in [-0.2, -0.15) is 0 Å². The van der Waals surface area contributed by atoms with Crippen LogP contribution >= 0.6 is 0 Å². The first-order valence-corrected chi connectivity index (χ1v) is 10.3. The number of guanidine groups is 1. The van der Waals surface area contributed by atoms with E-state index in [4.69, 9.17) is 14.2 Å². The van der Waals surface area contributed by atoms with Gasteiger partial charge < -0.3 is 29.4 Å². The van der Waals surface area contributed by atoms with E-state index >= 15 is 0 Å². The predicted octanol–water partition coefficient (Wildman–Crippen LogP) is 1.74. The molecule has 1 aromatic heterocycles. The second-order valence-corrected chi connectivity index (χ2v) is 7.08. The summed E-state index contributed by atoms with van der Waals surface area (Å²) < 4.78 is 18.6. The number of hydrogen-bond donors (Lipinski definition) is 2. The molecule has 0 spiro atoms. The van der Waals surface area contributed by atoms with Gasteiger partial charge in [-0.05, 0) is 29.8 Å². The largest absolute Gasteiger partial charge is 0.493 e. The minimum absolute atomic E-state index is 0.164. The van der Waals surface area contributed by atoms with Crippen LogP contribution in [0.3, 0.4) is 0 Å². The fourth-order valence-corrected chi connectivity index (χ4v) is 3.64. The smallest absolute Gasteiger partial charge is 0.191 e. The summed E-state index contributed by atoms with van der Waals surface area (Å²) in [5.41, 5.74) is 1.17. The molecule has 0 amide bonds. The minimum atomic E-state index is 0.164. The fourth-order valence-electron chi connectivity index (χ4n) is 3.64. The van der Waals surface area contributed by atoms with Crippen molar-refractivity contribution in [3.8, 4) is 11.5 Å². The molecule has 1 aliphatic heterocycles. The highest BCUT2D eigenvalue weighted by Crippen LogP contribution is 2.32. The summed E-state index contributed by atoms with van der Waals surface area (Å²) in [7, 11) is 5.12. The molecule has 30 heavy (non-hydrogen) atoms. The lowest BCUT2D eigenvalue weighted by atomic mass is 10.0. The zero-order valence-electron chi connectivity index (χ0n) is 18.1. The van der Waals surface area contributed by atoms with Gasteiger partial charge in [0.1, 0.15) is 0 Å². The van der Waals surface area contributed by atoms with E-state index < -0.39 is 0 Å². The maximum Gasteiger partial charge on any atom is 0.191 e. The second kappa shape index (κ2) is 11.5. The summed E-state index contributed by atoms with van der Waals surface area (Å²) in [6, 6.07) is 10.4. The van der Waals surface area contributed by atoms with Gasteiger partial charge in [0.25, 0.3) is 0 Å². The lowest BCUT2D eigenvalue weighted by molar-refractivity contribution is 0.0169. The molecule has 0 radical (unpaired) electrons. The average molecular weight is 416 g/mol. The highest BCUT2D eigenvalue weighted by molar-refractivity contribution is 5.79. The van der Waals surface area contributed by atoms with E-state index in [2.05, 4.69) is 49.6 Å². The molecule has 1 unspecified atom stereocenters. The van der Waals surface area contributed by atoms with Crippen LogP contribution in [0.15, 0.2) is 47.7 Å². The molecule has 2 N–H and O–H groups in total. The number of nitrogens with zero attached hydrogens (tertiary/aromatic N) is 3. The van der Waals surface area contributed by atoms with Gasteiger partial charge in [-0.15, -0.1) is 0 Å². The molecule has 1 aromatic carbocycles. The third-order valence-electron chi connectivity index (χ3n) is 5.29. The third kappa shape index (κ3) is 5.90. The summed E-state index contributed by atoms with van der Waals surface area (Å²) in [5.74, 6) is 2.26. The SMILES string of the molecule is CN=C(NCCn1cccc1)NCC(c1ccc(OC)c(OC)c1)N1CCOCC1. The lowest BCUT2D eigenvalue weighted by Crippen LogP contribution is -2.46. The molecule has 0 aliphatic carbocycles. The number of ether oxygens (including phenoxy) is 3. The van der Waals surface area contributed by atoms with Crippen LogP contribution in [0.2, 0.25) is 0 Å². The maximum atomic E-state index is 5.56. The highest BCUT2D eigenvalue weighted by atomic mass is 16.5. The molecule has 2 heterocycles. The van der Waals surface area contributed by atoms with Crippen LogP contribution < -0.4 is 20.1 Å². The Hall–Kier alpha value is -2.71. The van der Waals surface area contributed by atoms with E-state index in [0.29, 0.717) is 0 Å². The molecule has 1 saturated heterocycles. The molecule has 0 saturated carbocycles. The number of hydrogen-bond acceptors (Lipinski definition) is 5. The molecule has 8 nitrogen and oxygen atoms in total. The van der Waals surface area contributed by atoms with Gasteiger partial charge in [-0.25, -0.2) is 0 Å². The molecule has 164 valence electrons. The Bertz CT molecular complexity index is 788. The number of nitrogens with one attached hydrogen (secondary N) is 2. The molecule has 0 bridgehead atoms. The van der Waals surface area contributed by atoms with E-state index in [1.807, 2.05) is 18.2 Å². The summed E-state index contributed by atoms with van der Waals surface area (Å²) in [4.78, 5) is 6.81. The van der Waals surface area contributed by atoms with Crippen LogP contribution in [0.25, 0.3) is 0 Å². The maximum absolute atomic E-state index is 5.56. The average Bonchev–Trinajstić information content (AvgIpc) is 3.32. The van der Waals surface area contributed by atoms with Gasteiger partial charge in [0.15, 0.2) is 17.5 Å². The first-order chi connectivity index (χ1) is 14.7. The van der Waals surface area contributed by atoms with Crippen molar-refractivity contribution < 1.29 is 14.2 Å². The van der Waals surface area contributed by atoms with E-state index in [9.17, 15) is 0 Å². The number of morpholine rings is 1. The van der Waals surface area contributed by atoms with Gasteiger partial charge in [-0.1, -0.05) is 6.07 Å². The third-order valence-corrected chi connectivity index (χ3v) is 5.29. The predicted molar refractivity (Wildman–Crippen MR) is 118 cm³/mol. The van der Waals surface area contributed by atoms with Crippen molar-refractivity contribution in [1.29, 1.82) is 0 Å². The Kier molecular flexibility index (Phi) is 8.41. The summed E-state index contributed by atoms with van der Waals surface area (Å²) in [6.07, 6.45) is 4.12. The molecule has 1 atom stereocenters.